The zero-order valence-corrected chi connectivity index (χ0v) is 24.1. The minimum absolute atomic E-state index is 0.0431. The molecule has 1 heterocycles. The average molecular weight is 563 g/mol. The number of hydrogen-bond acceptors (Lipinski definition) is 2. The number of benzene rings is 6. The maximum Gasteiger partial charge on any atom is 0.186 e. The molecule has 7 aromatic rings. The third-order valence-electron chi connectivity index (χ3n) is 7.69. The van der Waals surface area contributed by atoms with E-state index in [0.717, 1.165) is 5.56 Å². The topological polar surface area (TPSA) is 17.1 Å². The minimum atomic E-state index is -2.37. The van der Waals surface area contributed by atoms with E-state index in [2.05, 4.69) is 127 Å². The van der Waals surface area contributed by atoms with Gasteiger partial charge >= 0.3 is 0 Å². The molecule has 0 bridgehead atoms. The van der Waals surface area contributed by atoms with Crippen molar-refractivity contribution in [3.8, 4) is 11.1 Å². The Kier molecular flexibility index (Phi) is 6.72. The summed E-state index contributed by atoms with van der Waals surface area (Å²) in [5, 5.41) is 6.06. The summed E-state index contributed by atoms with van der Waals surface area (Å²) < 4.78 is 2.57. The molecule has 41 heavy (non-hydrogen) atoms. The van der Waals surface area contributed by atoms with E-state index in [1.54, 1.807) is 0 Å². The van der Waals surface area contributed by atoms with Gasteiger partial charge in [-0.1, -0.05) is 152 Å². The highest BCUT2D eigenvalue weighted by Gasteiger charge is 2.26. The Hall–Kier alpha value is -4.49. The molecule has 0 amide bonds. The highest BCUT2D eigenvalue weighted by atomic mass is 32.1. The average Bonchev–Trinajstić information content (AvgIpc) is 3.44. The van der Waals surface area contributed by atoms with Crippen LogP contribution in [0.25, 0.3) is 31.3 Å². The molecule has 0 aliphatic rings. The number of ketones is 1. The van der Waals surface area contributed by atoms with Crippen LogP contribution in [0.4, 0.5) is 0 Å². The summed E-state index contributed by atoms with van der Waals surface area (Å²) in [7, 11) is 0. The summed E-state index contributed by atoms with van der Waals surface area (Å²) in [5.41, 5.74) is 3.02. The van der Waals surface area contributed by atoms with Gasteiger partial charge in [-0.25, -0.2) is 0 Å². The summed E-state index contributed by atoms with van der Waals surface area (Å²) in [6, 6.07) is 54.7. The minimum Gasteiger partial charge on any atom is -0.289 e. The smallest absolute Gasteiger partial charge is 0.186 e. The summed E-state index contributed by atoms with van der Waals surface area (Å²) in [5.74, 6) is 2.05. The van der Waals surface area contributed by atoms with Gasteiger partial charge in [0.25, 0.3) is 0 Å². The fourth-order valence-corrected chi connectivity index (χ4v) is 10.7. The van der Waals surface area contributed by atoms with Crippen molar-refractivity contribution in [2.24, 2.45) is 0 Å². The Bertz CT molecular complexity index is 1940. The number of hydrogen-bond donors (Lipinski definition) is 0. The molecule has 0 aliphatic heterocycles. The van der Waals surface area contributed by atoms with Gasteiger partial charge in [-0.05, 0) is 45.8 Å². The van der Waals surface area contributed by atoms with Gasteiger partial charge in [-0.3, -0.25) is 4.79 Å². The maximum absolute atomic E-state index is 14.1. The number of carbonyl (C=O) groups excluding carboxylic acids is 1. The van der Waals surface area contributed by atoms with Gasteiger partial charge < -0.3 is 0 Å². The van der Waals surface area contributed by atoms with E-state index < -0.39 is 6.89 Å². The second-order valence-corrected chi connectivity index (χ2v) is 14.4. The molecule has 0 aliphatic carbocycles. The Balaban J connectivity index is 1.36. The third-order valence-corrected chi connectivity index (χ3v) is 12.9. The second-order valence-electron chi connectivity index (χ2n) is 10.1. The third kappa shape index (κ3) is 4.56. The zero-order valence-electron chi connectivity index (χ0n) is 22.4. The summed E-state index contributed by atoms with van der Waals surface area (Å²) in [6.07, 6.45) is 0. The lowest BCUT2D eigenvalue weighted by Gasteiger charge is -2.28. The summed E-state index contributed by atoms with van der Waals surface area (Å²) in [6.45, 7) is -2.37. The Morgan fingerprint density at radius 1 is 0.512 bits per heavy atom. The Morgan fingerprint density at radius 2 is 1.02 bits per heavy atom. The number of fused-ring (bicyclic) bond motifs is 3. The number of rotatable bonds is 6. The van der Waals surface area contributed by atoms with Crippen molar-refractivity contribution >= 4 is 65.9 Å². The molecule has 0 spiro atoms. The molecular formula is C38H27OPS. The number of carbonyl (C=O) groups is 1. The van der Waals surface area contributed by atoms with Crippen molar-refractivity contribution in [3.63, 3.8) is 0 Å². The molecule has 0 saturated carbocycles. The van der Waals surface area contributed by atoms with E-state index in [1.165, 1.54) is 41.6 Å². The van der Waals surface area contributed by atoms with Crippen LogP contribution in [-0.4, -0.2) is 11.6 Å². The zero-order chi connectivity index (χ0) is 27.6. The van der Waals surface area contributed by atoms with Gasteiger partial charge in [-0.15, -0.1) is 11.3 Å². The summed E-state index contributed by atoms with van der Waals surface area (Å²) in [4.78, 5) is 14.1. The Labute approximate surface area is 244 Å². The molecular weight excluding hydrogens is 535 g/mol. The first-order valence-electron chi connectivity index (χ1n) is 13.7. The second kappa shape index (κ2) is 10.8. The molecule has 0 saturated heterocycles. The van der Waals surface area contributed by atoms with Crippen molar-refractivity contribution < 1.29 is 4.79 Å². The van der Waals surface area contributed by atoms with Crippen LogP contribution >= 0.6 is 18.2 Å². The van der Waals surface area contributed by atoms with Gasteiger partial charge in [-0.2, -0.15) is 0 Å². The molecule has 0 atom stereocenters. The van der Waals surface area contributed by atoms with E-state index in [4.69, 9.17) is 0 Å². The van der Waals surface area contributed by atoms with Gasteiger partial charge in [0, 0.05) is 25.7 Å². The molecule has 0 N–H and O–H groups in total. The fraction of sp³-hybridized carbons (Fsp3) is 0. The van der Waals surface area contributed by atoms with Crippen molar-refractivity contribution in [3.05, 3.63) is 163 Å². The van der Waals surface area contributed by atoms with Crippen LogP contribution in [0.15, 0.2) is 158 Å². The quantitative estimate of drug-likeness (QED) is 0.146. The van der Waals surface area contributed by atoms with E-state index >= 15 is 0 Å². The van der Waals surface area contributed by atoms with Crippen LogP contribution < -0.4 is 15.9 Å². The van der Waals surface area contributed by atoms with Crippen LogP contribution in [0.5, 0.6) is 0 Å². The molecule has 0 fully saturated rings. The number of Topliss-reactive ketones (excluding diaryl/α,β-unsaturated/α-hetero) is 1. The van der Waals surface area contributed by atoms with Gasteiger partial charge in [0.15, 0.2) is 5.78 Å². The van der Waals surface area contributed by atoms with Crippen LogP contribution in [0.1, 0.15) is 10.4 Å². The first-order valence-corrected chi connectivity index (χ1v) is 16.4. The monoisotopic (exact) mass is 562 g/mol. The van der Waals surface area contributed by atoms with Gasteiger partial charge in [0.05, 0.1) is 0 Å². The van der Waals surface area contributed by atoms with Gasteiger partial charge in [0.2, 0.25) is 0 Å². The predicted octanol–water partition coefficient (Wildman–Crippen LogP) is 8.70. The lowest BCUT2D eigenvalue weighted by atomic mass is 10.0. The summed E-state index contributed by atoms with van der Waals surface area (Å²) >= 11 is 1.83. The highest BCUT2D eigenvalue weighted by Crippen LogP contribution is 2.44. The van der Waals surface area contributed by atoms with Crippen LogP contribution in [-0.2, 0) is 0 Å². The van der Waals surface area contributed by atoms with E-state index in [-0.39, 0.29) is 5.78 Å². The van der Waals surface area contributed by atoms with Crippen LogP contribution in [0.3, 0.4) is 0 Å². The first-order chi connectivity index (χ1) is 20.2. The highest BCUT2D eigenvalue weighted by molar-refractivity contribution is 7.95. The van der Waals surface area contributed by atoms with Crippen LogP contribution in [0, 0.1) is 0 Å². The molecule has 3 heteroatoms. The molecule has 1 aromatic heterocycles. The van der Waals surface area contributed by atoms with Crippen molar-refractivity contribution in [1.82, 2.24) is 0 Å². The molecule has 6 aromatic carbocycles. The van der Waals surface area contributed by atoms with E-state index in [0.29, 0.717) is 5.56 Å². The van der Waals surface area contributed by atoms with Crippen molar-refractivity contribution in [1.29, 1.82) is 0 Å². The maximum atomic E-state index is 14.1. The largest absolute Gasteiger partial charge is 0.289 e. The molecule has 7 rings (SSSR count). The first kappa shape index (κ1) is 25.5. The van der Waals surface area contributed by atoms with Crippen molar-refractivity contribution in [2.75, 3.05) is 0 Å². The lowest BCUT2D eigenvalue weighted by molar-refractivity contribution is 0.107. The molecule has 0 unspecified atom stereocenters. The van der Waals surface area contributed by atoms with Crippen LogP contribution in [0.2, 0.25) is 0 Å². The van der Waals surface area contributed by atoms with Crippen molar-refractivity contribution in [2.45, 2.75) is 0 Å². The van der Waals surface area contributed by atoms with E-state index in [1.807, 2.05) is 47.5 Å². The number of thiophene rings is 1. The lowest BCUT2D eigenvalue weighted by Crippen LogP contribution is -2.28. The standard InChI is InChI=1S/C38H27OPS/c39-36(27-40(30-13-4-1-5-14-30,31-15-6-2-7-16-31)32-17-8-3-9-18-32)29-25-23-28(24-26-29)33-20-12-21-35-34-19-10-11-22-37(34)41-38(33)35/h1-27H. The predicted molar refractivity (Wildman–Crippen MR) is 180 cm³/mol. The Morgan fingerprint density at radius 3 is 1.61 bits per heavy atom. The van der Waals surface area contributed by atoms with Gasteiger partial charge in [0.1, 0.15) is 0 Å². The normalized spacial score (nSPS) is 11.5. The molecule has 196 valence electrons. The molecule has 1 nitrogen and oxygen atoms in total. The fourth-order valence-electron chi connectivity index (χ4n) is 5.70. The van der Waals surface area contributed by atoms with E-state index in [9.17, 15) is 4.79 Å². The SMILES string of the molecule is O=C(C=P(c1ccccc1)(c1ccccc1)c1ccccc1)c1ccc(-c2cccc3c2sc2ccccc23)cc1. The molecule has 0 radical (unpaired) electrons.